The third kappa shape index (κ3) is 5.29. The summed E-state index contributed by atoms with van der Waals surface area (Å²) in [5.41, 5.74) is 1.01. The number of benzene rings is 2. The van der Waals surface area contributed by atoms with Crippen LogP contribution in [-0.2, 0) is 20.0 Å². The minimum absolute atomic E-state index is 0.0996. The Hall–Kier alpha value is -2.10. The molecule has 1 heterocycles. The molecule has 0 aliphatic carbocycles. The smallest absolute Gasteiger partial charge is 0.263 e. The second-order valence-electron chi connectivity index (χ2n) is 7.04. The van der Waals surface area contributed by atoms with E-state index in [0.29, 0.717) is 24.3 Å². The first-order chi connectivity index (χ1) is 13.8. The van der Waals surface area contributed by atoms with Crippen LogP contribution in [0.2, 0.25) is 0 Å². The maximum atomic E-state index is 13.0. The molecule has 0 unspecified atom stereocenters. The van der Waals surface area contributed by atoms with Gasteiger partial charge in [0.25, 0.3) is 10.0 Å². The average Bonchev–Trinajstić information content (AvgIpc) is 2.73. The van der Waals surface area contributed by atoms with Gasteiger partial charge in [-0.05, 0) is 62.1 Å². The average molecular weight is 438 g/mol. The predicted molar refractivity (Wildman–Crippen MR) is 115 cm³/mol. The Morgan fingerprint density at radius 1 is 0.862 bits per heavy atom. The molecule has 2 N–H and O–H groups in total. The summed E-state index contributed by atoms with van der Waals surface area (Å²) in [4.78, 5) is 2.43. The van der Waals surface area contributed by atoms with Crippen LogP contribution in [0.5, 0.6) is 0 Å². The van der Waals surface area contributed by atoms with Gasteiger partial charge in [0.2, 0.25) is 10.0 Å². The van der Waals surface area contributed by atoms with Crippen molar-refractivity contribution in [3.63, 3.8) is 0 Å². The molecule has 0 aromatic heterocycles. The maximum Gasteiger partial charge on any atom is 0.263 e. The van der Waals surface area contributed by atoms with E-state index in [4.69, 9.17) is 0 Å². The molecule has 0 atom stereocenters. The summed E-state index contributed by atoms with van der Waals surface area (Å²) in [5, 5.41) is 0. The van der Waals surface area contributed by atoms with E-state index < -0.39 is 20.0 Å². The number of hydrogen-bond donors (Lipinski definition) is 2. The van der Waals surface area contributed by atoms with E-state index in [9.17, 15) is 16.8 Å². The van der Waals surface area contributed by atoms with Crippen LogP contribution in [-0.4, -0.2) is 36.5 Å². The quantitative estimate of drug-likeness (QED) is 0.661. The molecule has 2 aromatic carbocycles. The highest BCUT2D eigenvalue weighted by Gasteiger charge is 2.23. The molecule has 29 heavy (non-hydrogen) atoms. The predicted octanol–water partition coefficient (Wildman–Crippen LogP) is 3.17. The van der Waals surface area contributed by atoms with E-state index in [2.05, 4.69) is 14.3 Å². The highest BCUT2D eigenvalue weighted by molar-refractivity contribution is 7.93. The number of anilines is 2. The normalized spacial score (nSPS) is 15.3. The molecule has 1 aliphatic rings. The second-order valence-corrected chi connectivity index (χ2v) is 10.5. The van der Waals surface area contributed by atoms with Crippen LogP contribution in [0.1, 0.15) is 32.6 Å². The minimum Gasteiger partial charge on any atom is -0.370 e. The lowest BCUT2D eigenvalue weighted by molar-refractivity contribution is 0.571. The van der Waals surface area contributed by atoms with Gasteiger partial charge in [0.05, 0.1) is 10.6 Å². The van der Waals surface area contributed by atoms with Crippen LogP contribution in [0, 0.1) is 0 Å². The zero-order chi connectivity index (χ0) is 20.9. The van der Waals surface area contributed by atoms with Gasteiger partial charge in [0.15, 0.2) is 0 Å². The summed E-state index contributed by atoms with van der Waals surface area (Å²) in [7, 11) is -7.40. The molecule has 2 aromatic rings. The third-order valence-electron chi connectivity index (χ3n) is 4.81. The first-order valence-electron chi connectivity index (χ1n) is 9.80. The van der Waals surface area contributed by atoms with E-state index in [-0.39, 0.29) is 9.79 Å². The summed E-state index contributed by atoms with van der Waals surface area (Å²) >= 11 is 0. The van der Waals surface area contributed by atoms with Crippen molar-refractivity contribution in [3.05, 3.63) is 48.5 Å². The maximum absolute atomic E-state index is 13.0. The zero-order valence-electron chi connectivity index (χ0n) is 16.5. The molecule has 1 fully saturated rings. The number of sulfonamides is 2. The molecule has 9 heteroatoms. The topological polar surface area (TPSA) is 95.6 Å². The Labute approximate surface area is 173 Å². The summed E-state index contributed by atoms with van der Waals surface area (Å²) in [6.45, 7) is 3.90. The van der Waals surface area contributed by atoms with Crippen molar-refractivity contribution >= 4 is 31.4 Å². The van der Waals surface area contributed by atoms with Gasteiger partial charge in [0.1, 0.15) is 4.90 Å². The van der Waals surface area contributed by atoms with Crippen molar-refractivity contribution in [2.75, 3.05) is 29.3 Å². The molecule has 1 saturated heterocycles. The SMILES string of the molecule is CCCNS(=O)(=O)c1ccc(NS(=O)(=O)c2ccccc2N2CCCCC2)cc1. The van der Waals surface area contributed by atoms with Crippen LogP contribution >= 0.6 is 0 Å². The van der Waals surface area contributed by atoms with Crippen LogP contribution in [0.4, 0.5) is 11.4 Å². The lowest BCUT2D eigenvalue weighted by Crippen LogP contribution is -2.31. The largest absolute Gasteiger partial charge is 0.370 e. The summed E-state index contributed by atoms with van der Waals surface area (Å²) in [6, 6.07) is 12.7. The van der Waals surface area contributed by atoms with Crippen molar-refractivity contribution in [2.24, 2.45) is 0 Å². The van der Waals surface area contributed by atoms with Gasteiger partial charge in [-0.25, -0.2) is 21.6 Å². The summed E-state index contributed by atoms with van der Waals surface area (Å²) in [6.07, 6.45) is 3.94. The van der Waals surface area contributed by atoms with Crippen LogP contribution in [0.15, 0.2) is 58.3 Å². The van der Waals surface area contributed by atoms with E-state index in [1.807, 2.05) is 19.1 Å². The molecule has 0 saturated carbocycles. The molecule has 0 spiro atoms. The molecule has 0 amide bonds. The summed E-state index contributed by atoms with van der Waals surface area (Å²) in [5.74, 6) is 0. The van der Waals surface area contributed by atoms with E-state index >= 15 is 0 Å². The Bertz CT molecular complexity index is 1030. The van der Waals surface area contributed by atoms with E-state index in [1.165, 1.54) is 24.3 Å². The van der Waals surface area contributed by atoms with Crippen LogP contribution in [0.25, 0.3) is 0 Å². The van der Waals surface area contributed by atoms with Crippen molar-refractivity contribution in [1.29, 1.82) is 0 Å². The molecular weight excluding hydrogens is 410 g/mol. The van der Waals surface area contributed by atoms with Gasteiger partial charge < -0.3 is 4.90 Å². The number of piperidine rings is 1. The Morgan fingerprint density at radius 3 is 2.17 bits per heavy atom. The molecule has 1 aliphatic heterocycles. The number of para-hydroxylation sites is 1. The number of nitrogens with one attached hydrogen (secondary N) is 2. The Kier molecular flexibility index (Phi) is 6.81. The number of rotatable bonds is 8. The van der Waals surface area contributed by atoms with Crippen LogP contribution in [0.3, 0.4) is 0 Å². The second kappa shape index (κ2) is 9.15. The van der Waals surface area contributed by atoms with Gasteiger partial charge in [-0.3, -0.25) is 4.72 Å². The highest BCUT2D eigenvalue weighted by Crippen LogP contribution is 2.29. The fraction of sp³-hybridized carbons (Fsp3) is 0.400. The lowest BCUT2D eigenvalue weighted by atomic mass is 10.1. The van der Waals surface area contributed by atoms with Crippen molar-refractivity contribution in [1.82, 2.24) is 4.72 Å². The van der Waals surface area contributed by atoms with Gasteiger partial charge in [0, 0.05) is 25.3 Å². The zero-order valence-corrected chi connectivity index (χ0v) is 18.1. The van der Waals surface area contributed by atoms with Gasteiger partial charge in [-0.1, -0.05) is 19.1 Å². The molecule has 0 radical (unpaired) electrons. The molecule has 7 nitrogen and oxygen atoms in total. The van der Waals surface area contributed by atoms with Crippen LogP contribution < -0.4 is 14.3 Å². The molecule has 158 valence electrons. The lowest BCUT2D eigenvalue weighted by Gasteiger charge is -2.30. The first-order valence-corrected chi connectivity index (χ1v) is 12.8. The first kappa shape index (κ1) is 21.6. The monoisotopic (exact) mass is 437 g/mol. The van der Waals surface area contributed by atoms with E-state index in [0.717, 1.165) is 32.4 Å². The third-order valence-corrected chi connectivity index (χ3v) is 7.72. The summed E-state index contributed by atoms with van der Waals surface area (Å²) < 4.78 is 55.4. The minimum atomic E-state index is -3.81. The highest BCUT2D eigenvalue weighted by atomic mass is 32.2. The Balaban J connectivity index is 1.82. The fourth-order valence-electron chi connectivity index (χ4n) is 3.31. The van der Waals surface area contributed by atoms with Crippen molar-refractivity contribution in [2.45, 2.75) is 42.4 Å². The molecular formula is C20H27N3O4S2. The number of hydrogen-bond acceptors (Lipinski definition) is 5. The molecule has 0 bridgehead atoms. The van der Waals surface area contributed by atoms with E-state index in [1.54, 1.807) is 12.1 Å². The van der Waals surface area contributed by atoms with Gasteiger partial charge in [-0.2, -0.15) is 0 Å². The van der Waals surface area contributed by atoms with Gasteiger partial charge in [-0.15, -0.1) is 0 Å². The molecule has 3 rings (SSSR count). The standard InChI is InChI=1S/C20H27N3O4S2/c1-2-14-21-28(24,25)18-12-10-17(11-13-18)22-29(26,27)20-9-5-4-8-19(20)23-15-6-3-7-16-23/h4-5,8-13,21-22H,2-3,6-7,14-16H2,1H3. The van der Waals surface area contributed by atoms with Crippen molar-refractivity contribution in [3.8, 4) is 0 Å². The number of nitrogens with zero attached hydrogens (tertiary/aromatic N) is 1. The van der Waals surface area contributed by atoms with Crippen molar-refractivity contribution < 1.29 is 16.8 Å². The Morgan fingerprint density at radius 2 is 1.52 bits per heavy atom. The fourth-order valence-corrected chi connectivity index (χ4v) is 5.73. The van der Waals surface area contributed by atoms with Gasteiger partial charge >= 0.3 is 0 Å².